The Morgan fingerprint density at radius 3 is 2.87 bits per heavy atom. The molecular weight excluding hydrogens is 190 g/mol. The van der Waals surface area contributed by atoms with Crippen LogP contribution in [0.25, 0.3) is 0 Å². The molecule has 1 aromatic rings. The molecule has 1 saturated heterocycles. The molecule has 1 fully saturated rings. The number of benzene rings is 1. The highest BCUT2D eigenvalue weighted by Crippen LogP contribution is 2.32. The maximum atomic E-state index is 9.94. The highest BCUT2D eigenvalue weighted by atomic mass is 16.3. The predicted molar refractivity (Wildman–Crippen MR) is 60.9 cm³/mol. The third kappa shape index (κ3) is 1.91. The number of piperazine rings is 1. The largest absolute Gasteiger partial charge is 0.505 e. The molecule has 82 valence electrons. The van der Waals surface area contributed by atoms with E-state index in [2.05, 4.69) is 10.6 Å². The molecule has 1 aromatic carbocycles. The maximum Gasteiger partial charge on any atom is 0.143 e. The van der Waals surface area contributed by atoms with E-state index in [9.17, 15) is 5.11 Å². The lowest BCUT2D eigenvalue weighted by Crippen LogP contribution is -2.42. The van der Waals surface area contributed by atoms with Crippen molar-refractivity contribution in [2.75, 3.05) is 25.4 Å². The Hall–Kier alpha value is -1.26. The second-order valence-electron chi connectivity index (χ2n) is 3.94. The molecule has 1 atom stereocenters. The quantitative estimate of drug-likeness (QED) is 0.400. The fraction of sp³-hybridized carbons (Fsp3) is 0.455. The first-order chi connectivity index (χ1) is 7.20. The second-order valence-corrected chi connectivity index (χ2v) is 3.94. The summed E-state index contributed by atoms with van der Waals surface area (Å²) in [7, 11) is 0. The fourth-order valence-electron chi connectivity index (χ4n) is 2.02. The smallest absolute Gasteiger partial charge is 0.143 e. The Morgan fingerprint density at radius 1 is 1.40 bits per heavy atom. The van der Waals surface area contributed by atoms with E-state index in [0.717, 1.165) is 30.8 Å². The number of nitrogen functional groups attached to an aromatic ring is 1. The Kier molecular flexibility index (Phi) is 2.79. The predicted octanol–water partition coefficient (Wildman–Crippen LogP) is 0.517. The molecule has 1 heterocycles. The average Bonchev–Trinajstić information content (AvgIpc) is 2.26. The third-order valence-electron chi connectivity index (χ3n) is 2.86. The molecule has 0 spiro atoms. The molecule has 5 N–H and O–H groups in total. The summed E-state index contributed by atoms with van der Waals surface area (Å²) >= 11 is 0. The van der Waals surface area contributed by atoms with Gasteiger partial charge in [0.05, 0.1) is 5.69 Å². The van der Waals surface area contributed by atoms with E-state index in [1.54, 1.807) is 6.07 Å². The van der Waals surface area contributed by atoms with Crippen LogP contribution < -0.4 is 16.4 Å². The summed E-state index contributed by atoms with van der Waals surface area (Å²) in [5.41, 5.74) is 8.14. The van der Waals surface area contributed by atoms with E-state index in [1.807, 2.05) is 13.0 Å². The standard InChI is InChI=1S/C11H17N3O/c1-7-2-3-8(12)11(15)10(7)9-6-13-4-5-14-9/h2-3,9,13-15H,4-6,12H2,1H3/t9-/m0/s1. The molecule has 0 unspecified atom stereocenters. The highest BCUT2D eigenvalue weighted by Gasteiger charge is 2.20. The van der Waals surface area contributed by atoms with Crippen LogP contribution in [0.2, 0.25) is 0 Å². The lowest BCUT2D eigenvalue weighted by atomic mass is 9.98. The van der Waals surface area contributed by atoms with Gasteiger partial charge in [-0.3, -0.25) is 0 Å². The molecule has 0 aliphatic carbocycles. The minimum Gasteiger partial charge on any atom is -0.505 e. The Balaban J connectivity index is 2.36. The van der Waals surface area contributed by atoms with Crippen LogP contribution in [0.3, 0.4) is 0 Å². The van der Waals surface area contributed by atoms with Gasteiger partial charge in [0.25, 0.3) is 0 Å². The summed E-state index contributed by atoms with van der Waals surface area (Å²) in [5.74, 6) is 0.219. The van der Waals surface area contributed by atoms with Crippen LogP contribution in [-0.4, -0.2) is 24.7 Å². The summed E-state index contributed by atoms with van der Waals surface area (Å²) in [4.78, 5) is 0. The van der Waals surface area contributed by atoms with Gasteiger partial charge in [0.1, 0.15) is 5.75 Å². The lowest BCUT2D eigenvalue weighted by molar-refractivity contribution is 0.404. The van der Waals surface area contributed by atoms with Gasteiger partial charge in [-0.1, -0.05) is 6.07 Å². The Labute approximate surface area is 89.5 Å². The molecule has 0 aromatic heterocycles. The van der Waals surface area contributed by atoms with Crippen molar-refractivity contribution in [3.8, 4) is 5.75 Å². The number of hydrogen-bond donors (Lipinski definition) is 4. The van der Waals surface area contributed by atoms with Crippen LogP contribution in [0.1, 0.15) is 17.2 Å². The minimum atomic E-state index is 0.155. The van der Waals surface area contributed by atoms with Crippen LogP contribution in [0.15, 0.2) is 12.1 Å². The Morgan fingerprint density at radius 2 is 2.20 bits per heavy atom. The SMILES string of the molecule is Cc1ccc(N)c(O)c1[C@@H]1CNCCN1. The fourth-order valence-corrected chi connectivity index (χ4v) is 2.02. The van der Waals surface area contributed by atoms with E-state index in [-0.39, 0.29) is 11.8 Å². The molecule has 0 amide bonds. The zero-order valence-electron chi connectivity index (χ0n) is 8.88. The van der Waals surface area contributed by atoms with Crippen molar-refractivity contribution < 1.29 is 5.11 Å². The van der Waals surface area contributed by atoms with Gasteiger partial charge in [-0.25, -0.2) is 0 Å². The zero-order valence-corrected chi connectivity index (χ0v) is 8.88. The molecule has 0 radical (unpaired) electrons. The normalized spacial score (nSPS) is 21.5. The van der Waals surface area contributed by atoms with Gasteiger partial charge in [0, 0.05) is 31.2 Å². The van der Waals surface area contributed by atoms with E-state index in [0.29, 0.717) is 5.69 Å². The molecule has 15 heavy (non-hydrogen) atoms. The number of nitrogens with two attached hydrogens (primary N) is 1. The first kappa shape index (κ1) is 10.3. The number of nitrogens with one attached hydrogen (secondary N) is 2. The van der Waals surface area contributed by atoms with Crippen LogP contribution in [0, 0.1) is 6.92 Å². The Bertz CT molecular complexity index is 359. The number of anilines is 1. The van der Waals surface area contributed by atoms with E-state index < -0.39 is 0 Å². The maximum absolute atomic E-state index is 9.94. The van der Waals surface area contributed by atoms with Gasteiger partial charge in [-0.15, -0.1) is 0 Å². The van der Waals surface area contributed by atoms with Gasteiger partial charge in [0.15, 0.2) is 0 Å². The van der Waals surface area contributed by atoms with Crippen molar-refractivity contribution in [3.63, 3.8) is 0 Å². The topological polar surface area (TPSA) is 70.3 Å². The minimum absolute atomic E-state index is 0.155. The summed E-state index contributed by atoms with van der Waals surface area (Å²) < 4.78 is 0. The van der Waals surface area contributed by atoms with Gasteiger partial charge >= 0.3 is 0 Å². The van der Waals surface area contributed by atoms with Crippen LogP contribution in [0.4, 0.5) is 5.69 Å². The monoisotopic (exact) mass is 207 g/mol. The highest BCUT2D eigenvalue weighted by molar-refractivity contribution is 5.59. The number of hydrogen-bond acceptors (Lipinski definition) is 4. The van der Waals surface area contributed by atoms with Gasteiger partial charge in [0.2, 0.25) is 0 Å². The first-order valence-electron chi connectivity index (χ1n) is 5.22. The molecule has 4 heteroatoms. The number of rotatable bonds is 1. The summed E-state index contributed by atoms with van der Waals surface area (Å²) in [5, 5.41) is 16.6. The van der Waals surface area contributed by atoms with Crippen molar-refractivity contribution in [2.24, 2.45) is 0 Å². The van der Waals surface area contributed by atoms with Gasteiger partial charge in [-0.2, -0.15) is 0 Å². The summed E-state index contributed by atoms with van der Waals surface area (Å²) in [6, 6.07) is 3.84. The van der Waals surface area contributed by atoms with Crippen molar-refractivity contribution in [2.45, 2.75) is 13.0 Å². The van der Waals surface area contributed by atoms with E-state index in [1.165, 1.54) is 0 Å². The molecule has 4 nitrogen and oxygen atoms in total. The molecule has 1 aliphatic rings. The van der Waals surface area contributed by atoms with Crippen LogP contribution in [-0.2, 0) is 0 Å². The third-order valence-corrected chi connectivity index (χ3v) is 2.86. The summed E-state index contributed by atoms with van der Waals surface area (Å²) in [6.07, 6.45) is 0. The lowest BCUT2D eigenvalue weighted by Gasteiger charge is -2.27. The first-order valence-corrected chi connectivity index (χ1v) is 5.22. The molecular formula is C11H17N3O. The molecule has 0 bridgehead atoms. The molecule has 0 saturated carbocycles. The number of aryl methyl sites for hydroxylation is 1. The number of aromatic hydroxyl groups is 1. The van der Waals surface area contributed by atoms with Gasteiger partial charge in [-0.05, 0) is 18.6 Å². The van der Waals surface area contributed by atoms with Crippen molar-refractivity contribution in [3.05, 3.63) is 23.3 Å². The zero-order chi connectivity index (χ0) is 10.8. The number of phenolic OH excluding ortho intramolecular Hbond substituents is 1. The van der Waals surface area contributed by atoms with Crippen molar-refractivity contribution in [1.29, 1.82) is 0 Å². The average molecular weight is 207 g/mol. The van der Waals surface area contributed by atoms with Crippen molar-refractivity contribution in [1.82, 2.24) is 10.6 Å². The molecule has 2 rings (SSSR count). The second kappa shape index (κ2) is 4.08. The van der Waals surface area contributed by atoms with Gasteiger partial charge < -0.3 is 21.5 Å². The van der Waals surface area contributed by atoms with E-state index in [4.69, 9.17) is 5.73 Å². The van der Waals surface area contributed by atoms with Crippen LogP contribution in [0.5, 0.6) is 5.75 Å². The molecule has 1 aliphatic heterocycles. The van der Waals surface area contributed by atoms with E-state index >= 15 is 0 Å². The van der Waals surface area contributed by atoms with Crippen LogP contribution >= 0.6 is 0 Å². The summed E-state index contributed by atoms with van der Waals surface area (Å²) in [6.45, 7) is 4.71. The number of phenols is 1. The van der Waals surface area contributed by atoms with Crippen molar-refractivity contribution >= 4 is 5.69 Å².